The van der Waals surface area contributed by atoms with Crippen LogP contribution >= 0.6 is 0 Å². The molecule has 0 radical (unpaired) electrons. The average Bonchev–Trinajstić information content (AvgIpc) is 2.24. The van der Waals surface area contributed by atoms with Crippen LogP contribution in [0.3, 0.4) is 0 Å². The Bertz CT molecular complexity index is 357. The predicted molar refractivity (Wildman–Crippen MR) is 46.0 cm³/mol. The minimum atomic E-state index is -0.0561. The van der Waals surface area contributed by atoms with Crippen molar-refractivity contribution >= 4 is 5.78 Å². The Kier molecular flexibility index (Phi) is 0.850. The summed E-state index contributed by atoms with van der Waals surface area (Å²) < 4.78 is 5.88. The Hall–Kier alpha value is -0.630. The van der Waals surface area contributed by atoms with E-state index in [1.54, 1.807) is 6.92 Å². The second-order valence-corrected chi connectivity index (χ2v) is 4.95. The lowest BCUT2D eigenvalue weighted by Crippen LogP contribution is -2.72. The maximum Gasteiger partial charge on any atom is 0.158 e. The monoisotopic (exact) mass is 176 g/mol. The second-order valence-electron chi connectivity index (χ2n) is 4.95. The van der Waals surface area contributed by atoms with Gasteiger partial charge in [0.25, 0.3) is 0 Å². The lowest BCUT2D eigenvalue weighted by molar-refractivity contribution is -0.192. The largest absolute Gasteiger partial charge is 0.369 e. The maximum atomic E-state index is 11.3. The summed E-state index contributed by atoms with van der Waals surface area (Å²) in [7, 11) is 0. The van der Waals surface area contributed by atoms with Crippen LogP contribution in [0, 0.1) is 23.7 Å². The number of Topliss-reactive ketones (excluding diaryl/α,β-unsaturated/α-hetero) is 1. The Morgan fingerprint density at radius 1 is 1.69 bits per heavy atom. The lowest BCUT2D eigenvalue weighted by atomic mass is 9.35. The molecule has 0 aromatic carbocycles. The van der Waals surface area contributed by atoms with Gasteiger partial charge in [-0.25, -0.2) is 0 Å². The highest BCUT2D eigenvalue weighted by molar-refractivity contribution is 5.98. The number of fused-ring (bicyclic) bond motifs is 1. The predicted octanol–water partition coefficient (Wildman–Crippen LogP) is 1.17. The summed E-state index contributed by atoms with van der Waals surface area (Å²) in [5, 5.41) is 0. The van der Waals surface area contributed by atoms with E-state index in [9.17, 15) is 4.79 Å². The molecule has 4 aliphatic rings. The SMILES string of the molecule is CC(=O)C1=CC2C3CC4COC12C43. The van der Waals surface area contributed by atoms with Crippen LogP contribution in [0.5, 0.6) is 0 Å². The molecule has 68 valence electrons. The van der Waals surface area contributed by atoms with Gasteiger partial charge in [0.2, 0.25) is 0 Å². The van der Waals surface area contributed by atoms with Crippen molar-refractivity contribution in [2.45, 2.75) is 18.9 Å². The van der Waals surface area contributed by atoms with Gasteiger partial charge < -0.3 is 4.74 Å². The molecule has 2 saturated carbocycles. The van der Waals surface area contributed by atoms with Crippen molar-refractivity contribution in [1.29, 1.82) is 0 Å². The van der Waals surface area contributed by atoms with Gasteiger partial charge in [-0.3, -0.25) is 4.79 Å². The van der Waals surface area contributed by atoms with Crippen LogP contribution in [0.2, 0.25) is 0 Å². The zero-order chi connectivity index (χ0) is 8.79. The third-order valence-electron chi connectivity index (χ3n) is 4.68. The summed E-state index contributed by atoms with van der Waals surface area (Å²) in [6.07, 6.45) is 3.50. The van der Waals surface area contributed by atoms with Crippen LogP contribution in [-0.2, 0) is 9.53 Å². The van der Waals surface area contributed by atoms with E-state index in [-0.39, 0.29) is 11.4 Å². The molecular weight excluding hydrogens is 164 g/mol. The highest BCUT2D eigenvalue weighted by Gasteiger charge is 2.78. The molecule has 0 N–H and O–H groups in total. The zero-order valence-electron chi connectivity index (χ0n) is 7.62. The van der Waals surface area contributed by atoms with Crippen LogP contribution in [0.1, 0.15) is 13.3 Å². The number of hydrogen-bond acceptors (Lipinski definition) is 2. The highest BCUT2D eigenvalue weighted by atomic mass is 16.5. The zero-order valence-corrected chi connectivity index (χ0v) is 7.62. The van der Waals surface area contributed by atoms with Crippen LogP contribution in [0.25, 0.3) is 0 Å². The van der Waals surface area contributed by atoms with Gasteiger partial charge in [0.05, 0.1) is 6.61 Å². The van der Waals surface area contributed by atoms with E-state index in [4.69, 9.17) is 4.74 Å². The molecule has 4 rings (SSSR count). The minimum absolute atomic E-state index is 0.0561. The smallest absolute Gasteiger partial charge is 0.158 e. The van der Waals surface area contributed by atoms with E-state index < -0.39 is 0 Å². The number of ether oxygens (including phenoxy) is 1. The highest BCUT2D eigenvalue weighted by Crippen LogP contribution is 2.75. The summed E-state index contributed by atoms with van der Waals surface area (Å²) in [4.78, 5) is 11.3. The molecule has 1 aliphatic heterocycles. The van der Waals surface area contributed by atoms with Crippen molar-refractivity contribution in [2.24, 2.45) is 23.7 Å². The van der Waals surface area contributed by atoms with E-state index in [1.165, 1.54) is 6.42 Å². The van der Waals surface area contributed by atoms with Gasteiger partial charge in [-0.15, -0.1) is 0 Å². The summed E-state index contributed by atoms with van der Waals surface area (Å²) in [5.74, 6) is 3.21. The third-order valence-corrected chi connectivity index (χ3v) is 4.68. The first kappa shape index (κ1) is 6.77. The molecule has 3 fully saturated rings. The van der Waals surface area contributed by atoms with Crippen molar-refractivity contribution < 1.29 is 9.53 Å². The van der Waals surface area contributed by atoms with Crippen molar-refractivity contribution in [2.75, 3.05) is 6.61 Å². The number of carbonyl (C=O) groups excluding carboxylic acids is 1. The molecule has 0 amide bonds. The fraction of sp³-hybridized carbons (Fsp3) is 0.727. The summed E-state index contributed by atoms with van der Waals surface area (Å²) >= 11 is 0. The molecule has 5 unspecified atom stereocenters. The molecule has 0 aromatic rings. The van der Waals surface area contributed by atoms with Gasteiger partial charge in [0.15, 0.2) is 5.78 Å². The summed E-state index contributed by atoms with van der Waals surface area (Å²) in [6, 6.07) is 0. The van der Waals surface area contributed by atoms with Crippen LogP contribution in [-0.4, -0.2) is 18.0 Å². The Labute approximate surface area is 77.0 Å². The molecule has 1 spiro atoms. The topological polar surface area (TPSA) is 26.3 Å². The van der Waals surface area contributed by atoms with Gasteiger partial charge >= 0.3 is 0 Å². The Morgan fingerprint density at radius 3 is 3.31 bits per heavy atom. The lowest BCUT2D eigenvalue weighted by Gasteiger charge is -2.68. The van der Waals surface area contributed by atoms with Crippen LogP contribution in [0.15, 0.2) is 11.6 Å². The van der Waals surface area contributed by atoms with Crippen LogP contribution < -0.4 is 0 Å². The Balaban J connectivity index is 1.83. The number of carbonyl (C=O) groups is 1. The summed E-state index contributed by atoms with van der Waals surface area (Å²) in [6.45, 7) is 2.57. The molecule has 13 heavy (non-hydrogen) atoms. The number of hydrogen-bond donors (Lipinski definition) is 0. The first-order valence-electron chi connectivity index (χ1n) is 5.12. The Morgan fingerprint density at radius 2 is 2.54 bits per heavy atom. The van der Waals surface area contributed by atoms with Crippen LogP contribution in [0.4, 0.5) is 0 Å². The van der Waals surface area contributed by atoms with Gasteiger partial charge in [-0.05, 0) is 25.2 Å². The first-order chi connectivity index (χ1) is 6.25. The quantitative estimate of drug-likeness (QED) is 0.599. The molecular formula is C11H12O2. The molecule has 1 heterocycles. The molecule has 0 aromatic heterocycles. The molecule has 5 atom stereocenters. The van der Waals surface area contributed by atoms with Gasteiger partial charge in [-0.1, -0.05) is 6.08 Å². The van der Waals surface area contributed by atoms with E-state index in [0.29, 0.717) is 5.92 Å². The van der Waals surface area contributed by atoms with Crippen molar-refractivity contribution in [3.63, 3.8) is 0 Å². The normalized spacial score (nSPS) is 59.3. The van der Waals surface area contributed by atoms with E-state index >= 15 is 0 Å². The number of ketones is 1. The van der Waals surface area contributed by atoms with E-state index in [1.807, 2.05) is 0 Å². The second kappa shape index (κ2) is 1.63. The van der Waals surface area contributed by atoms with Crippen molar-refractivity contribution in [3.05, 3.63) is 11.6 Å². The van der Waals surface area contributed by atoms with E-state index in [0.717, 1.165) is 29.9 Å². The average molecular weight is 176 g/mol. The molecule has 0 bridgehead atoms. The van der Waals surface area contributed by atoms with Gasteiger partial charge in [-0.2, -0.15) is 0 Å². The first-order valence-corrected chi connectivity index (χ1v) is 5.12. The number of rotatable bonds is 1. The molecule has 2 heteroatoms. The summed E-state index contributed by atoms with van der Waals surface area (Å²) in [5.41, 5.74) is 0.931. The third kappa shape index (κ3) is 0.445. The fourth-order valence-electron chi connectivity index (χ4n) is 4.16. The molecule has 2 nitrogen and oxygen atoms in total. The molecule has 1 saturated heterocycles. The van der Waals surface area contributed by atoms with Gasteiger partial charge in [0.1, 0.15) is 5.60 Å². The standard InChI is InChI=1S/C11H12O2/c1-5(12)8-3-9-7-2-6-4-13-11(8,9)10(6)7/h3,6-7,9-10H,2,4H2,1H3. The van der Waals surface area contributed by atoms with Gasteiger partial charge in [0, 0.05) is 17.4 Å². The minimum Gasteiger partial charge on any atom is -0.369 e. The van der Waals surface area contributed by atoms with E-state index in [2.05, 4.69) is 6.08 Å². The fourth-order valence-corrected chi connectivity index (χ4v) is 4.16. The van der Waals surface area contributed by atoms with Crippen molar-refractivity contribution in [1.82, 2.24) is 0 Å². The molecule has 3 aliphatic carbocycles. The van der Waals surface area contributed by atoms with Crippen molar-refractivity contribution in [3.8, 4) is 0 Å². The maximum absolute atomic E-state index is 11.3.